The molecule has 0 unspecified atom stereocenters. The lowest BCUT2D eigenvalue weighted by molar-refractivity contribution is -0.116. The van der Waals surface area contributed by atoms with Gasteiger partial charge in [-0.15, -0.1) is 0 Å². The lowest BCUT2D eigenvalue weighted by Crippen LogP contribution is -2.34. The van der Waals surface area contributed by atoms with Crippen molar-refractivity contribution in [3.8, 4) is 34.2 Å². The Labute approximate surface area is 249 Å². The second kappa shape index (κ2) is 13.3. The van der Waals surface area contributed by atoms with Crippen LogP contribution < -0.4 is 16.0 Å². The lowest BCUT2D eigenvalue weighted by atomic mass is 9.97. The molecule has 43 heavy (non-hydrogen) atoms. The molecule has 0 fully saturated rings. The first kappa shape index (κ1) is 30.3. The molecule has 0 spiro atoms. The van der Waals surface area contributed by atoms with E-state index in [1.54, 1.807) is 99.6 Å². The molecule has 0 atom stereocenters. The van der Waals surface area contributed by atoms with E-state index in [0.29, 0.717) is 33.6 Å². The first-order chi connectivity index (χ1) is 20.5. The van der Waals surface area contributed by atoms with E-state index in [1.165, 1.54) is 6.07 Å². The van der Waals surface area contributed by atoms with E-state index < -0.39 is 17.6 Å². The van der Waals surface area contributed by atoms with Gasteiger partial charge in [0.1, 0.15) is 23.0 Å². The van der Waals surface area contributed by atoms with Crippen LogP contribution in [0.15, 0.2) is 84.9 Å². The van der Waals surface area contributed by atoms with Crippen molar-refractivity contribution in [1.29, 1.82) is 5.26 Å². The molecular weight excluding hydrogens is 546 g/mol. The van der Waals surface area contributed by atoms with Crippen LogP contribution in [0.5, 0.6) is 5.75 Å². The van der Waals surface area contributed by atoms with Gasteiger partial charge >= 0.3 is 6.09 Å². The maximum Gasteiger partial charge on any atom is 0.407 e. The number of rotatable bonds is 8. The van der Waals surface area contributed by atoms with Crippen LogP contribution in [0.4, 0.5) is 16.3 Å². The van der Waals surface area contributed by atoms with Crippen LogP contribution >= 0.6 is 0 Å². The van der Waals surface area contributed by atoms with Crippen molar-refractivity contribution in [1.82, 2.24) is 10.3 Å². The predicted octanol–water partition coefficient (Wildman–Crippen LogP) is 6.10. The van der Waals surface area contributed by atoms with Crippen molar-refractivity contribution in [3.63, 3.8) is 0 Å². The number of hydrogen-bond donors (Lipinski definition) is 4. The zero-order valence-corrected chi connectivity index (χ0v) is 24.0. The number of phenolic OH excluding ortho intramolecular Hbond substituents is 1. The molecule has 0 bridgehead atoms. The van der Waals surface area contributed by atoms with Gasteiger partial charge in [-0.05, 0) is 68.8 Å². The van der Waals surface area contributed by atoms with E-state index in [9.17, 15) is 24.8 Å². The van der Waals surface area contributed by atoms with E-state index in [-0.39, 0.29) is 36.0 Å². The molecule has 3 aromatic carbocycles. The Morgan fingerprint density at radius 1 is 0.907 bits per heavy atom. The number of nitriles is 1. The number of anilines is 2. The number of pyridine rings is 1. The molecule has 3 amide bonds. The summed E-state index contributed by atoms with van der Waals surface area (Å²) in [7, 11) is 0. The molecule has 0 aliphatic carbocycles. The molecule has 10 heteroatoms. The minimum absolute atomic E-state index is 0.00920. The monoisotopic (exact) mass is 577 g/mol. The lowest BCUT2D eigenvalue weighted by Gasteiger charge is -2.19. The molecule has 218 valence electrons. The largest absolute Gasteiger partial charge is 0.507 e. The maximum atomic E-state index is 13.0. The number of aromatic hydroxyl groups is 1. The van der Waals surface area contributed by atoms with Crippen molar-refractivity contribution < 1.29 is 24.2 Å². The van der Waals surface area contributed by atoms with Crippen LogP contribution in [0.2, 0.25) is 0 Å². The van der Waals surface area contributed by atoms with Gasteiger partial charge in [0, 0.05) is 35.3 Å². The standard InChI is InChI=1S/C33H31N5O5/c1-33(2,3)43-32(42)35-17-16-29(40)36-23-13-9-12-22(18-23)25-19-27(24-14-7-8-15-28(24)39)37-30(26(25)20-34)38-31(41)21-10-5-4-6-11-21/h4-15,18-19,39H,16-17H2,1-3H3,(H,35,42)(H,36,40)(H,37,38,41). The second-order valence-corrected chi connectivity index (χ2v) is 10.5. The van der Waals surface area contributed by atoms with Crippen molar-refractivity contribution in [3.05, 3.63) is 96.1 Å². The third-order valence-electron chi connectivity index (χ3n) is 6.06. The van der Waals surface area contributed by atoms with E-state index in [4.69, 9.17) is 4.74 Å². The molecule has 0 saturated heterocycles. The van der Waals surface area contributed by atoms with Crippen molar-refractivity contribution >= 4 is 29.4 Å². The zero-order valence-electron chi connectivity index (χ0n) is 24.0. The smallest absolute Gasteiger partial charge is 0.407 e. The molecule has 4 aromatic rings. The van der Waals surface area contributed by atoms with Crippen molar-refractivity contribution in [2.24, 2.45) is 0 Å². The fourth-order valence-electron chi connectivity index (χ4n) is 4.15. The summed E-state index contributed by atoms with van der Waals surface area (Å²) in [6.45, 7) is 5.33. The van der Waals surface area contributed by atoms with Gasteiger partial charge < -0.3 is 25.8 Å². The quantitative estimate of drug-likeness (QED) is 0.197. The molecule has 0 aliphatic heterocycles. The summed E-state index contributed by atoms with van der Waals surface area (Å²) in [5.41, 5.74) is 2.04. The van der Waals surface area contributed by atoms with Crippen LogP contribution in [0.25, 0.3) is 22.4 Å². The Morgan fingerprint density at radius 3 is 2.33 bits per heavy atom. The number of benzene rings is 3. The molecular formula is C33H31N5O5. The summed E-state index contributed by atoms with van der Waals surface area (Å²) in [5.74, 6) is -0.790. The Hall–Kier alpha value is -5.69. The van der Waals surface area contributed by atoms with Gasteiger partial charge in [-0.25, -0.2) is 9.78 Å². The number of carbonyl (C=O) groups is 3. The van der Waals surface area contributed by atoms with Gasteiger partial charge in [-0.3, -0.25) is 9.59 Å². The summed E-state index contributed by atoms with van der Waals surface area (Å²) < 4.78 is 5.18. The Kier molecular flexibility index (Phi) is 9.37. The molecule has 1 aromatic heterocycles. The predicted molar refractivity (Wildman–Crippen MR) is 163 cm³/mol. The topological polar surface area (TPSA) is 153 Å². The highest BCUT2D eigenvalue weighted by atomic mass is 16.6. The summed E-state index contributed by atoms with van der Waals surface area (Å²) in [4.78, 5) is 42.0. The van der Waals surface area contributed by atoms with Crippen LogP contribution in [0, 0.1) is 11.3 Å². The van der Waals surface area contributed by atoms with Crippen LogP contribution in [0.1, 0.15) is 43.1 Å². The number of ether oxygens (including phenoxy) is 1. The molecule has 4 N–H and O–H groups in total. The molecule has 0 radical (unpaired) electrons. The number of alkyl carbamates (subject to hydrolysis) is 1. The van der Waals surface area contributed by atoms with Crippen LogP contribution in [0.3, 0.4) is 0 Å². The number of carbonyl (C=O) groups excluding carboxylic acids is 3. The fraction of sp³-hybridized carbons (Fsp3) is 0.182. The van der Waals surface area contributed by atoms with Crippen molar-refractivity contribution in [2.75, 3.05) is 17.2 Å². The van der Waals surface area contributed by atoms with Crippen molar-refractivity contribution in [2.45, 2.75) is 32.8 Å². The van der Waals surface area contributed by atoms with E-state index in [0.717, 1.165) is 0 Å². The van der Waals surface area contributed by atoms with Gasteiger partial charge in [-0.2, -0.15) is 5.26 Å². The summed E-state index contributed by atoms with van der Waals surface area (Å²) >= 11 is 0. The molecule has 4 rings (SSSR count). The SMILES string of the molecule is CC(C)(C)OC(=O)NCCC(=O)Nc1cccc(-c2cc(-c3ccccc3O)nc(NC(=O)c3ccccc3)c2C#N)c1. The Bertz CT molecular complexity index is 1690. The van der Waals surface area contributed by atoms with Gasteiger partial charge in [0.25, 0.3) is 5.91 Å². The summed E-state index contributed by atoms with van der Waals surface area (Å²) in [5, 5.41) is 28.8. The minimum Gasteiger partial charge on any atom is -0.507 e. The first-order valence-corrected chi connectivity index (χ1v) is 13.5. The summed E-state index contributed by atoms with van der Waals surface area (Å²) in [6.07, 6.45) is -0.602. The average molecular weight is 578 g/mol. The average Bonchev–Trinajstić information content (AvgIpc) is 2.96. The number of hydrogen-bond acceptors (Lipinski definition) is 7. The van der Waals surface area contributed by atoms with E-state index >= 15 is 0 Å². The highest BCUT2D eigenvalue weighted by molar-refractivity contribution is 6.05. The van der Waals surface area contributed by atoms with Gasteiger partial charge in [0.05, 0.1) is 5.69 Å². The fourth-order valence-corrected chi connectivity index (χ4v) is 4.15. The Morgan fingerprint density at radius 2 is 1.63 bits per heavy atom. The number of aromatic nitrogens is 1. The normalized spacial score (nSPS) is 10.7. The molecule has 1 heterocycles. The molecule has 0 aliphatic rings. The Balaban J connectivity index is 1.64. The number of amides is 3. The minimum atomic E-state index is -0.647. The number of phenols is 1. The third-order valence-corrected chi connectivity index (χ3v) is 6.06. The second-order valence-electron chi connectivity index (χ2n) is 10.5. The number of nitrogens with one attached hydrogen (secondary N) is 3. The maximum absolute atomic E-state index is 13.0. The van der Waals surface area contributed by atoms with Gasteiger partial charge in [0.15, 0.2) is 5.82 Å². The molecule has 0 saturated carbocycles. The van der Waals surface area contributed by atoms with Gasteiger partial charge in [-0.1, -0.05) is 42.5 Å². The van der Waals surface area contributed by atoms with E-state index in [1.807, 2.05) is 0 Å². The number of para-hydroxylation sites is 1. The highest BCUT2D eigenvalue weighted by Gasteiger charge is 2.20. The molecule has 10 nitrogen and oxygen atoms in total. The van der Waals surface area contributed by atoms with Gasteiger partial charge in [0.2, 0.25) is 5.91 Å². The highest BCUT2D eigenvalue weighted by Crippen LogP contribution is 2.36. The summed E-state index contributed by atoms with van der Waals surface area (Å²) in [6, 6.07) is 25.8. The number of nitrogens with zero attached hydrogens (tertiary/aromatic N) is 2. The first-order valence-electron chi connectivity index (χ1n) is 13.5. The van der Waals surface area contributed by atoms with Crippen LogP contribution in [-0.4, -0.2) is 40.1 Å². The third kappa shape index (κ3) is 8.17. The zero-order chi connectivity index (χ0) is 31.0. The van der Waals surface area contributed by atoms with E-state index in [2.05, 4.69) is 27.0 Å². The van der Waals surface area contributed by atoms with Crippen LogP contribution in [-0.2, 0) is 9.53 Å².